The van der Waals surface area contributed by atoms with Gasteiger partial charge in [0.25, 0.3) is 0 Å². The first-order valence-corrected chi connectivity index (χ1v) is 6.57. The summed E-state index contributed by atoms with van der Waals surface area (Å²) in [5.74, 6) is 0. The van der Waals surface area contributed by atoms with Crippen molar-refractivity contribution in [1.29, 1.82) is 0 Å². The molecule has 0 spiro atoms. The van der Waals surface area contributed by atoms with Gasteiger partial charge < -0.3 is 11.1 Å². The summed E-state index contributed by atoms with van der Waals surface area (Å²) < 4.78 is 0. The molecule has 3 N–H and O–H groups in total. The number of thiophene rings is 1. The van der Waals surface area contributed by atoms with Crippen LogP contribution in [0.15, 0.2) is 30.3 Å². The zero-order chi connectivity index (χ0) is 12.4. The highest BCUT2D eigenvalue weighted by atomic mass is 32.1. The largest absolute Gasteiger partial charge is 0.397 e. The fraction of sp³-hybridized carbons (Fsp3) is 0.286. The Balaban J connectivity index is 2.21. The summed E-state index contributed by atoms with van der Waals surface area (Å²) in [5.41, 5.74) is 9.04. The molecule has 0 bridgehead atoms. The molecule has 0 aliphatic heterocycles. The van der Waals surface area contributed by atoms with Gasteiger partial charge in [-0.15, -0.1) is 11.3 Å². The summed E-state index contributed by atoms with van der Waals surface area (Å²) in [6.45, 7) is 6.37. The molecule has 2 aromatic rings. The molecule has 0 aliphatic carbocycles. The molecule has 1 aromatic carbocycles. The SMILES string of the molecule is Cc1ccc(C(C)Nc2c(C)cccc2N)s1. The Bertz CT molecular complexity index is 496. The highest BCUT2D eigenvalue weighted by Gasteiger charge is 2.10. The molecule has 90 valence electrons. The Morgan fingerprint density at radius 1 is 1.18 bits per heavy atom. The highest BCUT2D eigenvalue weighted by Crippen LogP contribution is 2.30. The molecule has 1 unspecified atom stereocenters. The molecule has 0 saturated carbocycles. The Kier molecular flexibility index (Phi) is 3.38. The molecule has 2 rings (SSSR count). The molecule has 17 heavy (non-hydrogen) atoms. The molecule has 1 atom stereocenters. The predicted octanol–water partition coefficient (Wildman–Crippen LogP) is 4.12. The smallest absolute Gasteiger partial charge is 0.0608 e. The molecule has 0 radical (unpaired) electrons. The molecule has 0 amide bonds. The number of nitrogens with two attached hydrogens (primary N) is 1. The Hall–Kier alpha value is -1.48. The average molecular weight is 246 g/mol. The zero-order valence-electron chi connectivity index (χ0n) is 10.4. The van der Waals surface area contributed by atoms with Gasteiger partial charge in [0.05, 0.1) is 17.4 Å². The van der Waals surface area contributed by atoms with E-state index in [0.717, 1.165) is 11.4 Å². The summed E-state index contributed by atoms with van der Waals surface area (Å²) in [4.78, 5) is 2.68. The minimum Gasteiger partial charge on any atom is -0.397 e. The van der Waals surface area contributed by atoms with E-state index in [1.54, 1.807) is 0 Å². The first kappa shape index (κ1) is 12.0. The van der Waals surface area contributed by atoms with Crippen molar-refractivity contribution in [3.8, 4) is 0 Å². The number of hydrogen-bond acceptors (Lipinski definition) is 3. The van der Waals surface area contributed by atoms with Gasteiger partial charge in [-0.1, -0.05) is 12.1 Å². The summed E-state index contributed by atoms with van der Waals surface area (Å²) in [7, 11) is 0. The van der Waals surface area contributed by atoms with Crippen LogP contribution in [0.5, 0.6) is 0 Å². The van der Waals surface area contributed by atoms with Crippen molar-refractivity contribution < 1.29 is 0 Å². The van der Waals surface area contributed by atoms with Gasteiger partial charge in [-0.05, 0) is 44.5 Å². The van der Waals surface area contributed by atoms with Crippen molar-refractivity contribution >= 4 is 22.7 Å². The van der Waals surface area contributed by atoms with Crippen molar-refractivity contribution in [2.24, 2.45) is 0 Å². The number of anilines is 2. The quantitative estimate of drug-likeness (QED) is 0.799. The highest BCUT2D eigenvalue weighted by molar-refractivity contribution is 7.12. The Labute approximate surface area is 106 Å². The number of benzene rings is 1. The molecule has 0 fully saturated rings. The van der Waals surface area contributed by atoms with Crippen molar-refractivity contribution in [2.45, 2.75) is 26.8 Å². The van der Waals surface area contributed by atoms with Crippen LogP contribution in [0.2, 0.25) is 0 Å². The van der Waals surface area contributed by atoms with Crippen molar-refractivity contribution in [2.75, 3.05) is 11.1 Å². The molecule has 0 saturated heterocycles. The lowest BCUT2D eigenvalue weighted by atomic mass is 10.1. The van der Waals surface area contributed by atoms with E-state index >= 15 is 0 Å². The van der Waals surface area contributed by atoms with E-state index < -0.39 is 0 Å². The number of rotatable bonds is 3. The third-order valence-electron chi connectivity index (χ3n) is 2.85. The van der Waals surface area contributed by atoms with Gasteiger partial charge in [0.1, 0.15) is 0 Å². The third-order valence-corrected chi connectivity index (χ3v) is 4.04. The van der Waals surface area contributed by atoms with Crippen LogP contribution < -0.4 is 11.1 Å². The van der Waals surface area contributed by atoms with Crippen LogP contribution in [0.1, 0.15) is 28.3 Å². The summed E-state index contributed by atoms with van der Waals surface area (Å²) in [5, 5.41) is 3.49. The Morgan fingerprint density at radius 2 is 1.94 bits per heavy atom. The lowest BCUT2D eigenvalue weighted by Gasteiger charge is -2.17. The molecular formula is C14H18N2S. The zero-order valence-corrected chi connectivity index (χ0v) is 11.3. The molecule has 2 nitrogen and oxygen atoms in total. The van der Waals surface area contributed by atoms with Crippen molar-refractivity contribution in [3.05, 3.63) is 45.6 Å². The van der Waals surface area contributed by atoms with Crippen LogP contribution in [-0.4, -0.2) is 0 Å². The number of nitrogens with one attached hydrogen (secondary N) is 1. The van der Waals surface area contributed by atoms with E-state index in [2.05, 4.69) is 44.3 Å². The van der Waals surface area contributed by atoms with Crippen LogP contribution in [0, 0.1) is 13.8 Å². The van der Waals surface area contributed by atoms with Crippen LogP contribution in [0.4, 0.5) is 11.4 Å². The van der Waals surface area contributed by atoms with E-state index in [-0.39, 0.29) is 6.04 Å². The van der Waals surface area contributed by atoms with E-state index in [4.69, 9.17) is 5.73 Å². The van der Waals surface area contributed by atoms with Crippen LogP contribution in [0.3, 0.4) is 0 Å². The normalized spacial score (nSPS) is 12.4. The summed E-state index contributed by atoms with van der Waals surface area (Å²) in [6, 6.07) is 10.6. The van der Waals surface area contributed by atoms with Crippen LogP contribution in [0.25, 0.3) is 0 Å². The van der Waals surface area contributed by atoms with Crippen LogP contribution in [-0.2, 0) is 0 Å². The predicted molar refractivity (Wildman–Crippen MR) is 76.7 cm³/mol. The minimum absolute atomic E-state index is 0.289. The molecule has 0 aliphatic rings. The van der Waals surface area contributed by atoms with E-state index in [1.807, 2.05) is 23.5 Å². The van der Waals surface area contributed by atoms with E-state index in [1.165, 1.54) is 15.3 Å². The van der Waals surface area contributed by atoms with Gasteiger partial charge in [-0.3, -0.25) is 0 Å². The topological polar surface area (TPSA) is 38.0 Å². The average Bonchev–Trinajstić information content (AvgIpc) is 2.70. The first-order valence-electron chi connectivity index (χ1n) is 5.76. The second-order valence-corrected chi connectivity index (χ2v) is 5.67. The number of nitrogen functional groups attached to an aromatic ring is 1. The Morgan fingerprint density at radius 3 is 2.53 bits per heavy atom. The van der Waals surface area contributed by atoms with Gasteiger partial charge in [0.15, 0.2) is 0 Å². The molecule has 1 heterocycles. The number of para-hydroxylation sites is 1. The first-order chi connectivity index (χ1) is 8.08. The maximum absolute atomic E-state index is 5.99. The van der Waals surface area contributed by atoms with Gasteiger partial charge in [0.2, 0.25) is 0 Å². The van der Waals surface area contributed by atoms with Crippen LogP contribution >= 0.6 is 11.3 Å². The van der Waals surface area contributed by atoms with Gasteiger partial charge in [-0.2, -0.15) is 0 Å². The molecule has 1 aromatic heterocycles. The standard InChI is InChI=1S/C14H18N2S/c1-9-5-4-6-12(15)14(9)16-11(3)13-8-7-10(2)17-13/h4-8,11,16H,15H2,1-3H3. The lowest BCUT2D eigenvalue weighted by Crippen LogP contribution is -2.08. The second kappa shape index (κ2) is 4.80. The van der Waals surface area contributed by atoms with E-state index in [0.29, 0.717) is 0 Å². The summed E-state index contributed by atoms with van der Waals surface area (Å²) in [6.07, 6.45) is 0. The second-order valence-electron chi connectivity index (χ2n) is 4.35. The monoisotopic (exact) mass is 246 g/mol. The molecular weight excluding hydrogens is 228 g/mol. The van der Waals surface area contributed by atoms with Crippen molar-refractivity contribution in [3.63, 3.8) is 0 Å². The summed E-state index contributed by atoms with van der Waals surface area (Å²) >= 11 is 1.82. The van der Waals surface area contributed by atoms with Gasteiger partial charge in [0, 0.05) is 9.75 Å². The lowest BCUT2D eigenvalue weighted by molar-refractivity contribution is 0.906. The maximum Gasteiger partial charge on any atom is 0.0608 e. The molecule has 3 heteroatoms. The number of hydrogen-bond donors (Lipinski definition) is 2. The minimum atomic E-state index is 0.289. The fourth-order valence-electron chi connectivity index (χ4n) is 1.86. The maximum atomic E-state index is 5.99. The third kappa shape index (κ3) is 2.61. The van der Waals surface area contributed by atoms with Crippen molar-refractivity contribution in [1.82, 2.24) is 0 Å². The number of aryl methyl sites for hydroxylation is 2. The van der Waals surface area contributed by atoms with E-state index in [9.17, 15) is 0 Å². The van der Waals surface area contributed by atoms with Gasteiger partial charge in [-0.25, -0.2) is 0 Å². The van der Waals surface area contributed by atoms with Gasteiger partial charge >= 0.3 is 0 Å². The fourth-order valence-corrected chi connectivity index (χ4v) is 2.74.